The van der Waals surface area contributed by atoms with Gasteiger partial charge < -0.3 is 10.1 Å². The van der Waals surface area contributed by atoms with Gasteiger partial charge in [0.1, 0.15) is 5.75 Å². The van der Waals surface area contributed by atoms with Crippen molar-refractivity contribution in [1.29, 1.82) is 0 Å². The van der Waals surface area contributed by atoms with E-state index in [1.807, 2.05) is 36.4 Å². The molecule has 0 aliphatic carbocycles. The van der Waals surface area contributed by atoms with Gasteiger partial charge in [0.25, 0.3) is 0 Å². The summed E-state index contributed by atoms with van der Waals surface area (Å²) in [7, 11) is 1.65. The molecule has 0 aliphatic rings. The number of amides is 1. The lowest BCUT2D eigenvalue weighted by Gasteiger charge is -2.09. The van der Waals surface area contributed by atoms with Crippen LogP contribution in [-0.4, -0.2) is 24.5 Å². The average Bonchev–Trinajstić information content (AvgIpc) is 2.49. The van der Waals surface area contributed by atoms with Crippen molar-refractivity contribution in [2.75, 3.05) is 13.7 Å². The van der Waals surface area contributed by atoms with Gasteiger partial charge in [-0.3, -0.25) is 9.78 Å². The van der Waals surface area contributed by atoms with E-state index < -0.39 is 0 Å². The fourth-order valence-electron chi connectivity index (χ4n) is 1.99. The number of rotatable bonds is 6. The first-order valence-corrected chi connectivity index (χ1v) is 6.57. The second kappa shape index (κ2) is 7.28. The number of hydrogen-bond donors (Lipinski definition) is 1. The van der Waals surface area contributed by atoms with Crippen LogP contribution in [0.5, 0.6) is 5.75 Å². The number of methoxy groups -OCH3 is 1. The summed E-state index contributed by atoms with van der Waals surface area (Å²) >= 11 is 0. The van der Waals surface area contributed by atoms with Crippen LogP contribution < -0.4 is 10.1 Å². The third kappa shape index (κ3) is 4.09. The number of aromatic nitrogens is 1. The largest absolute Gasteiger partial charge is 0.496 e. The van der Waals surface area contributed by atoms with Crippen molar-refractivity contribution in [2.45, 2.75) is 12.8 Å². The molecule has 2 aromatic rings. The Bertz CT molecular complexity index is 555. The molecular formula is C16H18N2O2. The fraction of sp³-hybridized carbons (Fsp3) is 0.250. The van der Waals surface area contributed by atoms with Crippen LogP contribution in [0.15, 0.2) is 48.8 Å². The summed E-state index contributed by atoms with van der Waals surface area (Å²) in [5.74, 6) is 0.877. The van der Waals surface area contributed by atoms with E-state index >= 15 is 0 Å². The monoisotopic (exact) mass is 270 g/mol. The van der Waals surface area contributed by atoms with E-state index in [9.17, 15) is 4.79 Å². The van der Waals surface area contributed by atoms with Crippen molar-refractivity contribution in [2.24, 2.45) is 0 Å². The molecule has 0 atom stereocenters. The van der Waals surface area contributed by atoms with Crippen LogP contribution in [0.1, 0.15) is 11.1 Å². The fourth-order valence-corrected chi connectivity index (χ4v) is 1.99. The summed E-state index contributed by atoms with van der Waals surface area (Å²) in [5, 5.41) is 2.92. The van der Waals surface area contributed by atoms with Crippen molar-refractivity contribution >= 4 is 5.91 Å². The average molecular weight is 270 g/mol. The van der Waals surface area contributed by atoms with E-state index in [-0.39, 0.29) is 5.91 Å². The molecule has 4 heteroatoms. The Morgan fingerprint density at radius 3 is 2.70 bits per heavy atom. The Morgan fingerprint density at radius 2 is 1.95 bits per heavy atom. The van der Waals surface area contributed by atoms with E-state index in [4.69, 9.17) is 4.74 Å². The molecule has 4 nitrogen and oxygen atoms in total. The summed E-state index contributed by atoms with van der Waals surface area (Å²) in [5.41, 5.74) is 2.06. The molecule has 1 aromatic carbocycles. The van der Waals surface area contributed by atoms with Crippen molar-refractivity contribution < 1.29 is 9.53 Å². The van der Waals surface area contributed by atoms with Gasteiger partial charge in [-0.2, -0.15) is 0 Å². The zero-order valence-corrected chi connectivity index (χ0v) is 11.5. The number of para-hydroxylation sites is 1. The molecule has 0 saturated carbocycles. The number of hydrogen-bond acceptors (Lipinski definition) is 3. The van der Waals surface area contributed by atoms with Gasteiger partial charge in [-0.05, 0) is 35.7 Å². The maximum atomic E-state index is 11.8. The zero-order chi connectivity index (χ0) is 14.2. The Labute approximate surface area is 118 Å². The number of nitrogens with one attached hydrogen (secondary N) is 1. The van der Waals surface area contributed by atoms with Crippen molar-refractivity contribution in [3.63, 3.8) is 0 Å². The molecule has 0 bridgehead atoms. The van der Waals surface area contributed by atoms with Crippen LogP contribution in [0.3, 0.4) is 0 Å². The number of carbonyl (C=O) groups excluding carboxylic acids is 1. The highest BCUT2D eigenvalue weighted by molar-refractivity contribution is 5.78. The minimum absolute atomic E-state index is 0.0195. The first kappa shape index (κ1) is 14.1. The Balaban J connectivity index is 1.79. The summed E-state index contributed by atoms with van der Waals surface area (Å²) in [6.45, 7) is 0.601. The quantitative estimate of drug-likeness (QED) is 0.873. The number of pyridine rings is 1. The maximum absolute atomic E-state index is 11.8. The Morgan fingerprint density at radius 1 is 1.20 bits per heavy atom. The molecule has 20 heavy (non-hydrogen) atoms. The minimum Gasteiger partial charge on any atom is -0.496 e. The number of benzene rings is 1. The molecule has 0 saturated heterocycles. The topological polar surface area (TPSA) is 51.2 Å². The second-order valence-corrected chi connectivity index (χ2v) is 4.44. The molecular weight excluding hydrogens is 252 g/mol. The Hall–Kier alpha value is -2.36. The Kier molecular flexibility index (Phi) is 5.12. The van der Waals surface area contributed by atoms with Crippen LogP contribution >= 0.6 is 0 Å². The van der Waals surface area contributed by atoms with Gasteiger partial charge in [-0.25, -0.2) is 0 Å². The van der Waals surface area contributed by atoms with Crippen LogP contribution in [-0.2, 0) is 17.6 Å². The van der Waals surface area contributed by atoms with E-state index in [1.54, 1.807) is 19.5 Å². The highest BCUT2D eigenvalue weighted by atomic mass is 16.5. The van der Waals surface area contributed by atoms with Gasteiger partial charge in [-0.15, -0.1) is 0 Å². The molecule has 1 amide bonds. The highest BCUT2D eigenvalue weighted by Crippen LogP contribution is 2.17. The molecule has 0 fully saturated rings. The van der Waals surface area contributed by atoms with Crippen molar-refractivity contribution in [3.05, 3.63) is 59.9 Å². The first-order chi connectivity index (χ1) is 9.79. The molecule has 0 unspecified atom stereocenters. The van der Waals surface area contributed by atoms with Gasteiger partial charge in [-0.1, -0.05) is 18.2 Å². The number of carbonyl (C=O) groups is 1. The first-order valence-electron chi connectivity index (χ1n) is 6.57. The third-order valence-corrected chi connectivity index (χ3v) is 3.02. The SMILES string of the molecule is COc1ccccc1CCNC(=O)Cc1ccncc1. The summed E-state index contributed by atoms with van der Waals surface area (Å²) in [6.07, 6.45) is 4.52. The number of ether oxygens (including phenoxy) is 1. The lowest BCUT2D eigenvalue weighted by molar-refractivity contribution is -0.120. The van der Waals surface area contributed by atoms with Crippen molar-refractivity contribution in [1.82, 2.24) is 10.3 Å². The summed E-state index contributed by atoms with van der Waals surface area (Å²) < 4.78 is 5.28. The predicted octanol–water partition coefficient (Wildman–Crippen LogP) is 1.99. The highest BCUT2D eigenvalue weighted by Gasteiger charge is 2.04. The standard InChI is InChI=1S/C16H18N2O2/c1-20-15-5-3-2-4-14(15)8-11-18-16(19)12-13-6-9-17-10-7-13/h2-7,9-10H,8,11-12H2,1H3,(H,18,19). The molecule has 1 N–H and O–H groups in total. The van der Waals surface area contributed by atoms with E-state index in [1.165, 1.54) is 0 Å². The predicted molar refractivity (Wildman–Crippen MR) is 77.6 cm³/mol. The summed E-state index contributed by atoms with van der Waals surface area (Å²) in [6, 6.07) is 11.5. The molecule has 1 heterocycles. The van der Waals surface area contributed by atoms with Gasteiger partial charge in [0.15, 0.2) is 0 Å². The van der Waals surface area contributed by atoms with Gasteiger partial charge in [0, 0.05) is 18.9 Å². The minimum atomic E-state index is 0.0195. The van der Waals surface area contributed by atoms with E-state index in [2.05, 4.69) is 10.3 Å². The van der Waals surface area contributed by atoms with Gasteiger partial charge in [0.05, 0.1) is 13.5 Å². The van der Waals surface area contributed by atoms with Gasteiger partial charge in [0.2, 0.25) is 5.91 Å². The van der Waals surface area contributed by atoms with Gasteiger partial charge >= 0.3 is 0 Å². The number of nitrogens with zero attached hydrogens (tertiary/aromatic N) is 1. The normalized spacial score (nSPS) is 10.1. The maximum Gasteiger partial charge on any atom is 0.224 e. The molecule has 0 radical (unpaired) electrons. The second-order valence-electron chi connectivity index (χ2n) is 4.44. The smallest absolute Gasteiger partial charge is 0.224 e. The zero-order valence-electron chi connectivity index (χ0n) is 11.5. The lowest BCUT2D eigenvalue weighted by atomic mass is 10.1. The lowest BCUT2D eigenvalue weighted by Crippen LogP contribution is -2.27. The third-order valence-electron chi connectivity index (χ3n) is 3.02. The van der Waals surface area contributed by atoms with E-state index in [0.29, 0.717) is 13.0 Å². The molecule has 0 aliphatic heterocycles. The van der Waals surface area contributed by atoms with Crippen LogP contribution in [0.25, 0.3) is 0 Å². The molecule has 0 spiro atoms. The molecule has 1 aromatic heterocycles. The van der Waals surface area contributed by atoms with Crippen LogP contribution in [0.4, 0.5) is 0 Å². The van der Waals surface area contributed by atoms with E-state index in [0.717, 1.165) is 23.3 Å². The molecule has 2 rings (SSSR count). The van der Waals surface area contributed by atoms with Crippen molar-refractivity contribution in [3.8, 4) is 5.75 Å². The van der Waals surface area contributed by atoms with Crippen LogP contribution in [0.2, 0.25) is 0 Å². The van der Waals surface area contributed by atoms with Crippen LogP contribution in [0, 0.1) is 0 Å². The molecule has 104 valence electrons. The summed E-state index contributed by atoms with van der Waals surface area (Å²) in [4.78, 5) is 15.7.